The number of aromatic carboxylic acids is 1. The van der Waals surface area contributed by atoms with Gasteiger partial charge >= 0.3 is 5.97 Å². The molecule has 0 bridgehead atoms. The smallest absolute Gasteiger partial charge is 0.354 e. The van der Waals surface area contributed by atoms with Gasteiger partial charge in [-0.05, 0) is 124 Å². The van der Waals surface area contributed by atoms with Crippen molar-refractivity contribution in [2.75, 3.05) is 90.5 Å². The number of nitrogens with one attached hydrogen (secondary N) is 2. The predicted molar refractivity (Wildman–Crippen MR) is 249 cm³/mol. The molecule has 5 N–H and O–H groups in total. The topological polar surface area (TPSA) is 251 Å². The Morgan fingerprint density at radius 3 is 1.52 bits per heavy atom. The van der Waals surface area contributed by atoms with Gasteiger partial charge in [-0.1, -0.05) is 0 Å². The van der Waals surface area contributed by atoms with Crippen molar-refractivity contribution in [3.8, 4) is 12.1 Å². The number of nitrogens with two attached hydrogens (primary N) is 1. The zero-order chi connectivity index (χ0) is 47.1. The van der Waals surface area contributed by atoms with E-state index in [0.717, 1.165) is 51.6 Å². The molecule has 0 atom stereocenters. The number of carbonyl (C=O) groups excluding carboxylic acids is 1. The molecule has 0 amide bonds. The van der Waals surface area contributed by atoms with Crippen LogP contribution < -0.4 is 26.7 Å². The normalized spacial score (nSPS) is 19.3. The quantitative estimate of drug-likeness (QED) is 0.181. The zero-order valence-corrected chi connectivity index (χ0v) is 38.5. The van der Waals surface area contributed by atoms with E-state index in [-0.39, 0.29) is 33.8 Å². The van der Waals surface area contributed by atoms with E-state index in [9.17, 15) is 34.8 Å². The van der Waals surface area contributed by atoms with Crippen molar-refractivity contribution in [2.24, 2.45) is 11.7 Å². The first-order valence-corrected chi connectivity index (χ1v) is 22.4. The molecule has 18 nitrogen and oxygen atoms in total. The number of ether oxygens (including phenoxy) is 2. The minimum atomic E-state index is -1.16. The molecule has 0 saturated carbocycles. The second-order valence-corrected chi connectivity index (χ2v) is 18.4. The van der Waals surface area contributed by atoms with Crippen LogP contribution in [0, 0.1) is 28.6 Å². The third kappa shape index (κ3) is 11.6. The maximum atomic E-state index is 13.0. The van der Waals surface area contributed by atoms with E-state index in [1.165, 1.54) is 38.2 Å². The Morgan fingerprint density at radius 2 is 1.14 bits per heavy atom. The van der Waals surface area contributed by atoms with E-state index < -0.39 is 17.1 Å². The fraction of sp³-hybridized carbons (Fsp3) is 0.574. The molecule has 4 aliphatic heterocycles. The minimum Gasteiger partial charge on any atom is -0.477 e. The van der Waals surface area contributed by atoms with Crippen molar-refractivity contribution >= 4 is 44.9 Å². The molecule has 8 rings (SSSR count). The average Bonchev–Trinajstić information content (AvgIpc) is 3.30. The number of rotatable bonds is 8. The van der Waals surface area contributed by atoms with Crippen LogP contribution in [0.4, 0.5) is 11.4 Å². The highest BCUT2D eigenvalue weighted by molar-refractivity contribution is 6.01. The number of hydrogen-bond acceptors (Lipinski definition) is 15. The van der Waals surface area contributed by atoms with Gasteiger partial charge < -0.3 is 49.9 Å². The number of Topliss-reactive ketones (excluding diaryl/α,β-unsaturated/α-hetero) is 1. The number of fused-ring (bicyclic) bond motifs is 2. The van der Waals surface area contributed by atoms with Gasteiger partial charge in [0.1, 0.15) is 34.7 Å². The van der Waals surface area contributed by atoms with Gasteiger partial charge in [0.15, 0.2) is 5.78 Å². The van der Waals surface area contributed by atoms with Crippen LogP contribution in [0.1, 0.15) is 104 Å². The molecule has 4 fully saturated rings. The highest BCUT2D eigenvalue weighted by atomic mass is 16.5. The highest BCUT2D eigenvalue weighted by Gasteiger charge is 2.34. The van der Waals surface area contributed by atoms with Gasteiger partial charge in [0.25, 0.3) is 11.1 Å². The summed E-state index contributed by atoms with van der Waals surface area (Å²) in [5.41, 5.74) is 6.62. The number of carbonyl (C=O) groups is 2. The largest absolute Gasteiger partial charge is 0.477 e. The van der Waals surface area contributed by atoms with Crippen LogP contribution in [0.5, 0.6) is 0 Å². The van der Waals surface area contributed by atoms with Crippen LogP contribution in [0.25, 0.3) is 21.8 Å². The second kappa shape index (κ2) is 21.0. The molecule has 8 heterocycles. The van der Waals surface area contributed by atoms with E-state index in [1.807, 2.05) is 17.9 Å². The molecular formula is C47H63N11O7. The van der Waals surface area contributed by atoms with E-state index in [0.29, 0.717) is 83.4 Å². The van der Waals surface area contributed by atoms with Crippen LogP contribution in [0.15, 0.2) is 34.1 Å². The summed E-state index contributed by atoms with van der Waals surface area (Å²) >= 11 is 0. The van der Waals surface area contributed by atoms with Gasteiger partial charge in [-0.3, -0.25) is 19.4 Å². The molecule has 65 heavy (non-hydrogen) atoms. The Bertz CT molecular complexity index is 2540. The molecule has 4 saturated heterocycles. The Hall–Kier alpha value is -5.76. The summed E-state index contributed by atoms with van der Waals surface area (Å²) in [6.45, 7) is 11.0. The van der Waals surface area contributed by atoms with Gasteiger partial charge in [0.05, 0.1) is 46.0 Å². The number of ketones is 1. The van der Waals surface area contributed by atoms with Crippen LogP contribution >= 0.6 is 0 Å². The number of likely N-dealkylation sites (tertiary alicyclic amines) is 2. The predicted octanol–water partition coefficient (Wildman–Crippen LogP) is 4.25. The maximum Gasteiger partial charge on any atom is 0.354 e. The molecule has 4 aliphatic rings. The Morgan fingerprint density at radius 1 is 0.738 bits per heavy atom. The molecule has 0 unspecified atom stereocenters. The van der Waals surface area contributed by atoms with Crippen LogP contribution in [0.2, 0.25) is 0 Å². The zero-order valence-electron chi connectivity index (χ0n) is 38.5. The summed E-state index contributed by atoms with van der Waals surface area (Å²) in [6.07, 6.45) is 10.8. The summed E-state index contributed by atoms with van der Waals surface area (Å²) in [4.78, 5) is 71.3. The third-order valence-electron chi connectivity index (χ3n) is 13.8. The van der Waals surface area contributed by atoms with Crippen LogP contribution in [-0.2, 0) is 9.47 Å². The fourth-order valence-electron chi connectivity index (χ4n) is 8.97. The first-order valence-electron chi connectivity index (χ1n) is 22.4. The minimum absolute atomic E-state index is 0.0164. The lowest BCUT2D eigenvalue weighted by molar-refractivity contribution is -0.0134. The molecule has 0 aliphatic carbocycles. The van der Waals surface area contributed by atoms with Crippen molar-refractivity contribution in [3.63, 3.8) is 0 Å². The Labute approximate surface area is 379 Å². The average molecular weight is 894 g/mol. The number of methoxy groups -OCH3 is 2. The van der Waals surface area contributed by atoms with E-state index in [4.69, 9.17) is 15.2 Å². The summed E-state index contributed by atoms with van der Waals surface area (Å²) in [7, 11) is 7.64. The lowest BCUT2D eigenvalue weighted by atomic mass is 9.90. The SMILES string of the molecule is CN1CCC(N)CC1.COC1(C)CCN(c2c(C#N)c(=O)[nH]c3cnc(C(=O)CC4CCN(C)CC4)cc23)CC1.COC1(C)CCN(c2c(C#N)c(=O)[nH]c3cnc(C(=O)O)cc23)CC1. The lowest BCUT2D eigenvalue weighted by Crippen LogP contribution is -2.44. The van der Waals surface area contributed by atoms with Gasteiger partial charge in [0.2, 0.25) is 0 Å². The number of carboxylic acids is 1. The molecule has 4 aromatic heterocycles. The maximum absolute atomic E-state index is 13.0. The summed E-state index contributed by atoms with van der Waals surface area (Å²) < 4.78 is 11.2. The van der Waals surface area contributed by atoms with Crippen molar-refractivity contribution < 1.29 is 24.2 Å². The second-order valence-electron chi connectivity index (χ2n) is 18.4. The van der Waals surface area contributed by atoms with Crippen LogP contribution in [0.3, 0.4) is 0 Å². The van der Waals surface area contributed by atoms with Gasteiger partial charge in [-0.15, -0.1) is 0 Å². The monoisotopic (exact) mass is 893 g/mol. The standard InChI is InChI=1S/C24H31N5O3.C17H18N4O4.C6H14N2/c1-24(32-3)6-10-29(11-7-24)22-17-13-19(21(30)12-16-4-8-28(2)9-5-16)26-15-20(17)27-23(31)18(22)14-25;1-17(25-2)3-5-21(6-4-17)14-10-7-12(16(23)24)19-9-13(10)20-15(22)11(14)8-18;1-8-4-2-6(7)3-5-8/h13,15-16H,4-12H2,1-3H3,(H,27,31);7,9H,3-6H2,1-2H3,(H,20,22)(H,23,24);6H,2-5,7H2,1H3. The molecule has 18 heteroatoms. The van der Waals surface area contributed by atoms with Gasteiger partial charge in [-0.2, -0.15) is 10.5 Å². The molecular weight excluding hydrogens is 831 g/mol. The van der Waals surface area contributed by atoms with Crippen molar-refractivity contribution in [1.82, 2.24) is 29.7 Å². The number of carboxylic acid groups (broad SMARTS) is 1. The first-order chi connectivity index (χ1) is 31.0. The number of pyridine rings is 4. The van der Waals surface area contributed by atoms with E-state index in [1.54, 1.807) is 26.5 Å². The molecule has 348 valence electrons. The fourth-order valence-corrected chi connectivity index (χ4v) is 8.97. The number of hydrogen-bond donors (Lipinski definition) is 4. The first kappa shape index (κ1) is 48.7. The number of H-pyrrole nitrogens is 2. The number of aromatic amines is 2. The van der Waals surface area contributed by atoms with Crippen molar-refractivity contribution in [3.05, 3.63) is 67.7 Å². The molecule has 0 radical (unpaired) electrons. The van der Waals surface area contributed by atoms with Crippen molar-refractivity contribution in [1.29, 1.82) is 10.5 Å². The number of piperidine rings is 4. The lowest BCUT2D eigenvalue weighted by Gasteiger charge is -2.40. The van der Waals surface area contributed by atoms with E-state index in [2.05, 4.69) is 61.7 Å². The van der Waals surface area contributed by atoms with Gasteiger partial charge in [0, 0.05) is 63.6 Å². The summed E-state index contributed by atoms with van der Waals surface area (Å²) in [5.74, 6) is -0.777. The number of nitriles is 2. The van der Waals surface area contributed by atoms with Gasteiger partial charge in [-0.25, -0.2) is 9.78 Å². The third-order valence-corrected chi connectivity index (χ3v) is 13.8. The Balaban J connectivity index is 0.000000188. The summed E-state index contributed by atoms with van der Waals surface area (Å²) in [5, 5.41) is 29.6. The Kier molecular flexibility index (Phi) is 15.8. The summed E-state index contributed by atoms with van der Waals surface area (Å²) in [6, 6.07) is 7.66. The number of aromatic nitrogens is 4. The number of anilines is 2. The highest BCUT2D eigenvalue weighted by Crippen LogP contribution is 2.35. The van der Waals surface area contributed by atoms with E-state index >= 15 is 0 Å². The van der Waals surface area contributed by atoms with Crippen LogP contribution in [-0.4, -0.2) is 145 Å². The number of nitrogens with zero attached hydrogens (tertiary/aromatic N) is 8. The van der Waals surface area contributed by atoms with Crippen molar-refractivity contribution in [2.45, 2.75) is 88.9 Å². The molecule has 0 spiro atoms. The molecule has 0 aromatic carbocycles. The molecule has 4 aromatic rings.